The summed E-state index contributed by atoms with van der Waals surface area (Å²) in [5, 5.41) is 1.67. The number of hydrogen-bond donors (Lipinski definition) is 2. The van der Waals surface area contributed by atoms with Crippen LogP contribution >= 0.6 is 0 Å². The third-order valence-electron chi connectivity index (χ3n) is 6.57. The first-order valence-electron chi connectivity index (χ1n) is 9.08. The van der Waals surface area contributed by atoms with Crippen molar-refractivity contribution in [3.8, 4) is 5.75 Å². The molecule has 1 aromatic heterocycles. The van der Waals surface area contributed by atoms with Crippen LogP contribution in [0, 0.1) is 24.7 Å². The zero-order valence-electron chi connectivity index (χ0n) is 14.0. The van der Waals surface area contributed by atoms with Gasteiger partial charge in [-0.2, -0.15) is 0 Å². The molecular weight excluding hydrogens is 300 g/mol. The topological polar surface area (TPSA) is 68.1 Å². The predicted molar refractivity (Wildman–Crippen MR) is 94.2 cm³/mol. The Bertz CT molecular complexity index is 856. The second kappa shape index (κ2) is 4.85. The van der Waals surface area contributed by atoms with Gasteiger partial charge in [0.25, 0.3) is 5.56 Å². The van der Waals surface area contributed by atoms with Gasteiger partial charge in [0.05, 0.1) is 0 Å². The van der Waals surface area contributed by atoms with Crippen molar-refractivity contribution >= 4 is 10.8 Å². The van der Waals surface area contributed by atoms with Gasteiger partial charge in [-0.05, 0) is 85.9 Å². The highest BCUT2D eigenvalue weighted by molar-refractivity contribution is 5.83. The van der Waals surface area contributed by atoms with Crippen LogP contribution in [0.5, 0.6) is 5.75 Å². The fraction of sp³-hybridized carbons (Fsp3) is 0.550. The minimum Gasteiger partial charge on any atom is -0.490 e. The number of nitrogens with one attached hydrogen (secondary N) is 1. The van der Waals surface area contributed by atoms with Crippen LogP contribution in [-0.4, -0.2) is 16.6 Å². The zero-order valence-corrected chi connectivity index (χ0v) is 14.0. The SMILES string of the molecule is Cc1cc2c(=O)[nH]ccc2cc1OC1C2CC3CC1CC(N)(C3)C2. The number of benzene rings is 1. The number of aromatic amines is 1. The van der Waals surface area contributed by atoms with Crippen LogP contribution in [0.4, 0.5) is 0 Å². The monoisotopic (exact) mass is 324 g/mol. The van der Waals surface area contributed by atoms with Crippen molar-refractivity contribution < 1.29 is 4.74 Å². The summed E-state index contributed by atoms with van der Waals surface area (Å²) in [6.45, 7) is 2.03. The van der Waals surface area contributed by atoms with Gasteiger partial charge in [0.15, 0.2) is 0 Å². The van der Waals surface area contributed by atoms with Gasteiger partial charge in [-0.3, -0.25) is 4.79 Å². The molecule has 4 heteroatoms. The molecule has 1 aromatic carbocycles. The molecule has 0 spiro atoms. The fourth-order valence-corrected chi connectivity index (χ4v) is 5.83. The maximum Gasteiger partial charge on any atom is 0.255 e. The van der Waals surface area contributed by atoms with E-state index in [1.54, 1.807) is 6.20 Å². The van der Waals surface area contributed by atoms with E-state index in [4.69, 9.17) is 10.5 Å². The van der Waals surface area contributed by atoms with E-state index in [-0.39, 0.29) is 17.2 Å². The molecule has 1 heterocycles. The van der Waals surface area contributed by atoms with Crippen LogP contribution in [0.25, 0.3) is 10.8 Å². The first-order valence-corrected chi connectivity index (χ1v) is 9.08. The molecule has 0 saturated heterocycles. The molecule has 0 radical (unpaired) electrons. The molecule has 4 aliphatic rings. The van der Waals surface area contributed by atoms with Gasteiger partial charge in [0.2, 0.25) is 0 Å². The Morgan fingerprint density at radius 3 is 2.67 bits per heavy atom. The molecule has 0 aliphatic heterocycles. The third kappa shape index (κ3) is 2.12. The Kier molecular flexibility index (Phi) is 2.94. The molecule has 0 amide bonds. The number of ether oxygens (including phenoxy) is 1. The average molecular weight is 324 g/mol. The molecule has 24 heavy (non-hydrogen) atoms. The van der Waals surface area contributed by atoms with E-state index >= 15 is 0 Å². The summed E-state index contributed by atoms with van der Waals surface area (Å²) < 4.78 is 6.55. The van der Waals surface area contributed by atoms with E-state index in [9.17, 15) is 4.79 Å². The molecule has 4 nitrogen and oxygen atoms in total. The summed E-state index contributed by atoms with van der Waals surface area (Å²) in [6, 6.07) is 5.92. The molecule has 4 saturated carbocycles. The van der Waals surface area contributed by atoms with E-state index < -0.39 is 0 Å². The standard InChI is InChI=1S/C20H24N2O2/c1-11-4-16-13(2-3-22-19(16)23)7-17(11)24-18-14-5-12-6-15(18)10-20(21,8-12)9-14/h2-4,7,12,14-15,18H,5-6,8-10,21H2,1H3,(H,22,23). The second-order valence-corrected chi connectivity index (χ2v) is 8.43. The lowest BCUT2D eigenvalue weighted by Crippen LogP contribution is -2.62. The van der Waals surface area contributed by atoms with Gasteiger partial charge in [-0.1, -0.05) is 0 Å². The summed E-state index contributed by atoms with van der Waals surface area (Å²) in [7, 11) is 0. The number of nitrogens with two attached hydrogens (primary N) is 1. The summed E-state index contributed by atoms with van der Waals surface area (Å²) in [5.74, 6) is 2.92. The van der Waals surface area contributed by atoms with Crippen LogP contribution in [0.15, 0.2) is 29.2 Å². The van der Waals surface area contributed by atoms with Crippen LogP contribution in [0.2, 0.25) is 0 Å². The van der Waals surface area contributed by atoms with E-state index in [1.807, 2.05) is 25.1 Å². The quantitative estimate of drug-likeness (QED) is 0.892. The van der Waals surface area contributed by atoms with Crippen molar-refractivity contribution in [3.63, 3.8) is 0 Å². The molecule has 2 atom stereocenters. The highest BCUT2D eigenvalue weighted by Gasteiger charge is 2.54. The molecule has 2 unspecified atom stereocenters. The number of hydrogen-bond acceptors (Lipinski definition) is 3. The number of rotatable bonds is 2. The van der Waals surface area contributed by atoms with Crippen molar-refractivity contribution in [1.82, 2.24) is 4.98 Å². The summed E-state index contributed by atoms with van der Waals surface area (Å²) in [4.78, 5) is 14.7. The van der Waals surface area contributed by atoms with E-state index in [0.717, 1.165) is 40.8 Å². The number of H-pyrrole nitrogens is 1. The number of pyridine rings is 1. The molecule has 4 fully saturated rings. The summed E-state index contributed by atoms with van der Waals surface area (Å²) in [6.07, 6.45) is 7.96. The largest absolute Gasteiger partial charge is 0.490 e. The first-order chi connectivity index (χ1) is 11.5. The van der Waals surface area contributed by atoms with Crippen molar-refractivity contribution in [3.05, 3.63) is 40.3 Å². The first kappa shape index (κ1) is 14.5. The summed E-state index contributed by atoms with van der Waals surface area (Å²) >= 11 is 0. The average Bonchev–Trinajstić information content (AvgIpc) is 2.51. The Labute approximate surface area is 141 Å². The maximum absolute atomic E-state index is 12.0. The highest BCUT2D eigenvalue weighted by atomic mass is 16.5. The third-order valence-corrected chi connectivity index (χ3v) is 6.57. The van der Waals surface area contributed by atoms with Gasteiger partial charge in [0, 0.05) is 17.1 Å². The van der Waals surface area contributed by atoms with Crippen LogP contribution in [0.3, 0.4) is 0 Å². The smallest absolute Gasteiger partial charge is 0.255 e. The van der Waals surface area contributed by atoms with Gasteiger partial charge in [0.1, 0.15) is 11.9 Å². The maximum atomic E-state index is 12.0. The van der Waals surface area contributed by atoms with Crippen molar-refractivity contribution in [2.24, 2.45) is 23.5 Å². The molecule has 4 aliphatic carbocycles. The normalized spacial score (nSPS) is 37.1. The molecule has 3 N–H and O–H groups in total. The number of fused-ring (bicyclic) bond motifs is 1. The lowest BCUT2D eigenvalue weighted by molar-refractivity contribution is -0.0897. The minimum atomic E-state index is -0.0400. The van der Waals surface area contributed by atoms with Crippen molar-refractivity contribution in [1.29, 1.82) is 0 Å². The number of aromatic nitrogens is 1. The Hall–Kier alpha value is -1.81. The zero-order chi connectivity index (χ0) is 16.5. The lowest BCUT2D eigenvalue weighted by Gasteiger charge is -2.58. The van der Waals surface area contributed by atoms with Crippen molar-refractivity contribution in [2.75, 3.05) is 0 Å². The van der Waals surface area contributed by atoms with E-state index in [0.29, 0.717) is 11.8 Å². The van der Waals surface area contributed by atoms with Crippen LogP contribution in [-0.2, 0) is 0 Å². The van der Waals surface area contributed by atoms with Gasteiger partial charge in [-0.25, -0.2) is 0 Å². The van der Waals surface area contributed by atoms with Crippen LogP contribution in [0.1, 0.15) is 37.7 Å². The van der Waals surface area contributed by atoms with Gasteiger partial charge < -0.3 is 15.5 Å². The second-order valence-electron chi connectivity index (χ2n) is 8.43. The molecular formula is C20H24N2O2. The predicted octanol–water partition coefficient (Wildman–Crippen LogP) is 3.12. The van der Waals surface area contributed by atoms with Gasteiger partial charge >= 0.3 is 0 Å². The Morgan fingerprint density at radius 1 is 1.21 bits per heavy atom. The van der Waals surface area contributed by atoms with E-state index in [1.165, 1.54) is 19.3 Å². The minimum absolute atomic E-state index is 0.0400. The molecule has 2 aromatic rings. The Morgan fingerprint density at radius 2 is 1.96 bits per heavy atom. The summed E-state index contributed by atoms with van der Waals surface area (Å²) in [5.41, 5.74) is 7.67. The van der Waals surface area contributed by atoms with Gasteiger partial charge in [-0.15, -0.1) is 0 Å². The molecule has 6 rings (SSSR count). The number of aryl methyl sites for hydroxylation is 1. The van der Waals surface area contributed by atoms with E-state index in [2.05, 4.69) is 4.98 Å². The van der Waals surface area contributed by atoms with Crippen LogP contribution < -0.4 is 16.0 Å². The Balaban J connectivity index is 1.49. The van der Waals surface area contributed by atoms with Crippen molar-refractivity contribution in [2.45, 2.75) is 50.7 Å². The molecule has 126 valence electrons. The molecule has 4 bridgehead atoms. The fourth-order valence-electron chi connectivity index (χ4n) is 5.83. The highest BCUT2D eigenvalue weighted by Crippen LogP contribution is 2.55. The lowest BCUT2D eigenvalue weighted by atomic mass is 9.52.